The summed E-state index contributed by atoms with van der Waals surface area (Å²) in [7, 11) is 0. The number of benzene rings is 1. The van der Waals surface area contributed by atoms with Gasteiger partial charge in [0, 0.05) is 24.5 Å². The van der Waals surface area contributed by atoms with Crippen molar-refractivity contribution in [2.75, 3.05) is 18.1 Å². The van der Waals surface area contributed by atoms with Gasteiger partial charge in [0.1, 0.15) is 6.10 Å². The van der Waals surface area contributed by atoms with Gasteiger partial charge in [-0.15, -0.1) is 23.5 Å². The van der Waals surface area contributed by atoms with Gasteiger partial charge in [0.2, 0.25) is 0 Å². The van der Waals surface area contributed by atoms with Crippen molar-refractivity contribution in [3.05, 3.63) is 46.7 Å². The van der Waals surface area contributed by atoms with Crippen LogP contribution in [0.25, 0.3) is 0 Å². The molecule has 1 fully saturated rings. The summed E-state index contributed by atoms with van der Waals surface area (Å²) >= 11 is 3.91. The van der Waals surface area contributed by atoms with Crippen molar-refractivity contribution >= 4 is 29.5 Å². The molecular formula is C18H19NO2S2. The molecule has 4 aliphatic heterocycles. The van der Waals surface area contributed by atoms with Crippen molar-refractivity contribution in [3.63, 3.8) is 0 Å². The summed E-state index contributed by atoms with van der Waals surface area (Å²) in [5.41, 5.74) is 5.05. The molecule has 1 aromatic carbocycles. The van der Waals surface area contributed by atoms with Crippen LogP contribution in [-0.2, 0) is 16.0 Å². The van der Waals surface area contributed by atoms with Gasteiger partial charge < -0.3 is 9.64 Å². The normalized spacial score (nSPS) is 31.0. The maximum atomic E-state index is 12.6. The minimum atomic E-state index is -0.107. The SMILES string of the molecule is C[C@@H]1OC(=O)C2=C1N1CCc3ccccc3[C@@H]1CC21SCCS1. The summed E-state index contributed by atoms with van der Waals surface area (Å²) in [5, 5.41) is 0. The zero-order valence-electron chi connectivity index (χ0n) is 13.1. The van der Waals surface area contributed by atoms with E-state index in [4.69, 9.17) is 4.74 Å². The number of carbonyl (C=O) groups excluding carboxylic acids is 1. The van der Waals surface area contributed by atoms with Gasteiger partial charge in [-0.25, -0.2) is 4.79 Å². The minimum Gasteiger partial charge on any atom is -0.453 e. The summed E-state index contributed by atoms with van der Waals surface area (Å²) in [4.78, 5) is 15.0. The lowest BCUT2D eigenvalue weighted by Crippen LogP contribution is -2.45. The number of nitrogens with zero attached hydrogens (tertiary/aromatic N) is 1. The molecule has 0 unspecified atom stereocenters. The Labute approximate surface area is 144 Å². The molecule has 4 aliphatic rings. The van der Waals surface area contributed by atoms with Gasteiger partial charge in [-0.2, -0.15) is 0 Å². The summed E-state index contributed by atoms with van der Waals surface area (Å²) < 4.78 is 5.56. The second kappa shape index (κ2) is 4.96. The van der Waals surface area contributed by atoms with E-state index in [9.17, 15) is 4.79 Å². The predicted octanol–water partition coefficient (Wildman–Crippen LogP) is 3.37. The lowest BCUT2D eigenvalue weighted by atomic mass is 9.84. The number of rotatable bonds is 0. The number of cyclic esters (lactones) is 1. The first-order chi connectivity index (χ1) is 11.2. The van der Waals surface area contributed by atoms with Gasteiger partial charge >= 0.3 is 5.97 Å². The summed E-state index contributed by atoms with van der Waals surface area (Å²) in [6.07, 6.45) is 1.96. The smallest absolute Gasteiger partial charge is 0.338 e. The number of esters is 1. The van der Waals surface area contributed by atoms with Gasteiger partial charge in [0.15, 0.2) is 0 Å². The van der Waals surface area contributed by atoms with Crippen LogP contribution in [0.5, 0.6) is 0 Å². The van der Waals surface area contributed by atoms with Crippen LogP contribution in [0.3, 0.4) is 0 Å². The molecule has 2 atom stereocenters. The van der Waals surface area contributed by atoms with Crippen LogP contribution in [0, 0.1) is 0 Å². The Morgan fingerprint density at radius 3 is 2.87 bits per heavy atom. The van der Waals surface area contributed by atoms with Crippen molar-refractivity contribution < 1.29 is 9.53 Å². The Bertz CT molecular complexity index is 723. The highest BCUT2D eigenvalue weighted by Gasteiger charge is 2.56. The second-order valence-corrected chi connectivity index (χ2v) is 9.67. The molecular weight excluding hydrogens is 326 g/mol. The Hall–Kier alpha value is -1.07. The summed E-state index contributed by atoms with van der Waals surface area (Å²) in [5.74, 6) is 2.17. The van der Waals surface area contributed by atoms with Crippen molar-refractivity contribution in [1.29, 1.82) is 0 Å². The quantitative estimate of drug-likeness (QED) is 0.673. The Morgan fingerprint density at radius 1 is 1.26 bits per heavy atom. The lowest BCUT2D eigenvalue weighted by Gasteiger charge is -2.48. The van der Waals surface area contributed by atoms with Gasteiger partial charge in [0.05, 0.1) is 21.4 Å². The number of fused-ring (bicyclic) bond motifs is 5. The minimum absolute atomic E-state index is 0.0771. The van der Waals surface area contributed by atoms with Crippen LogP contribution in [0.2, 0.25) is 0 Å². The van der Waals surface area contributed by atoms with E-state index >= 15 is 0 Å². The largest absolute Gasteiger partial charge is 0.453 e. The van der Waals surface area contributed by atoms with E-state index < -0.39 is 0 Å². The molecule has 1 spiro atoms. The number of thioether (sulfide) groups is 2. The molecule has 0 aromatic heterocycles. The van der Waals surface area contributed by atoms with Gasteiger partial charge in [0.25, 0.3) is 0 Å². The zero-order chi connectivity index (χ0) is 15.6. The van der Waals surface area contributed by atoms with E-state index in [-0.39, 0.29) is 16.2 Å². The molecule has 120 valence electrons. The Kier molecular flexibility index (Phi) is 3.08. The Morgan fingerprint density at radius 2 is 2.04 bits per heavy atom. The lowest BCUT2D eigenvalue weighted by molar-refractivity contribution is -0.139. The molecule has 0 radical (unpaired) electrons. The van der Waals surface area contributed by atoms with E-state index in [1.807, 2.05) is 30.4 Å². The first-order valence-corrected chi connectivity index (χ1v) is 10.2. The van der Waals surface area contributed by atoms with E-state index in [2.05, 4.69) is 29.2 Å². The fourth-order valence-corrected chi connectivity index (χ4v) is 7.92. The molecule has 0 saturated carbocycles. The average Bonchev–Trinajstić information content (AvgIpc) is 3.13. The first-order valence-electron chi connectivity index (χ1n) is 8.27. The third-order valence-electron chi connectivity index (χ3n) is 5.45. The molecule has 5 rings (SSSR count). The van der Waals surface area contributed by atoms with Crippen molar-refractivity contribution in [3.8, 4) is 0 Å². The van der Waals surface area contributed by atoms with E-state index in [1.165, 1.54) is 16.8 Å². The molecule has 3 nitrogen and oxygen atoms in total. The van der Waals surface area contributed by atoms with Gasteiger partial charge in [-0.3, -0.25) is 0 Å². The summed E-state index contributed by atoms with van der Waals surface area (Å²) in [6.45, 7) is 3.02. The topological polar surface area (TPSA) is 29.5 Å². The molecule has 1 aromatic rings. The Balaban J connectivity index is 1.70. The van der Waals surface area contributed by atoms with Gasteiger partial charge in [-0.1, -0.05) is 24.3 Å². The maximum Gasteiger partial charge on any atom is 0.338 e. The number of hydrogen-bond acceptors (Lipinski definition) is 5. The van der Waals surface area contributed by atoms with E-state index in [0.717, 1.165) is 36.5 Å². The van der Waals surface area contributed by atoms with Crippen LogP contribution in [0.15, 0.2) is 35.5 Å². The van der Waals surface area contributed by atoms with Crippen LogP contribution in [-0.4, -0.2) is 39.1 Å². The first kappa shape index (κ1) is 14.3. The predicted molar refractivity (Wildman–Crippen MR) is 94.4 cm³/mol. The van der Waals surface area contributed by atoms with Crippen LogP contribution >= 0.6 is 23.5 Å². The molecule has 0 bridgehead atoms. The van der Waals surface area contributed by atoms with Gasteiger partial charge in [-0.05, 0) is 24.5 Å². The highest BCUT2D eigenvalue weighted by Crippen LogP contribution is 2.61. The highest BCUT2D eigenvalue weighted by atomic mass is 32.2. The van der Waals surface area contributed by atoms with Crippen molar-refractivity contribution in [1.82, 2.24) is 4.90 Å². The molecule has 1 saturated heterocycles. The molecule has 5 heteroatoms. The molecule has 0 aliphatic carbocycles. The monoisotopic (exact) mass is 345 g/mol. The fraction of sp³-hybridized carbons (Fsp3) is 0.500. The fourth-order valence-electron chi connectivity index (χ4n) is 4.54. The number of ether oxygens (including phenoxy) is 1. The molecule has 4 heterocycles. The molecule has 0 amide bonds. The standard InChI is InChI=1S/C18H19NO2S2/c1-11-16-15(17(20)21-11)18(22-8-9-23-18)10-14-13-5-3-2-4-12(13)6-7-19(14)16/h2-5,11,14H,6-10H2,1H3/t11-,14-/m0/s1. The maximum absolute atomic E-state index is 12.6. The average molecular weight is 345 g/mol. The third kappa shape index (κ3) is 1.89. The van der Waals surface area contributed by atoms with E-state index in [1.54, 1.807) is 0 Å². The van der Waals surface area contributed by atoms with E-state index in [0.29, 0.717) is 6.04 Å². The molecule has 23 heavy (non-hydrogen) atoms. The van der Waals surface area contributed by atoms with Crippen molar-refractivity contribution in [2.45, 2.75) is 36.0 Å². The highest BCUT2D eigenvalue weighted by molar-refractivity contribution is 8.21. The van der Waals surface area contributed by atoms with Crippen LogP contribution in [0.4, 0.5) is 0 Å². The number of hydrogen-bond donors (Lipinski definition) is 0. The number of carbonyl (C=O) groups is 1. The zero-order valence-corrected chi connectivity index (χ0v) is 14.7. The second-order valence-electron chi connectivity index (χ2n) is 6.62. The van der Waals surface area contributed by atoms with Crippen LogP contribution in [0.1, 0.15) is 30.5 Å². The summed E-state index contributed by atoms with van der Waals surface area (Å²) in [6, 6.07) is 9.21. The van der Waals surface area contributed by atoms with Crippen molar-refractivity contribution in [2.24, 2.45) is 0 Å². The third-order valence-corrected chi connectivity index (χ3v) is 8.90. The molecule has 0 N–H and O–H groups in total. The van der Waals surface area contributed by atoms with Crippen LogP contribution < -0.4 is 0 Å².